The van der Waals surface area contributed by atoms with Gasteiger partial charge in [0.1, 0.15) is 11.6 Å². The van der Waals surface area contributed by atoms with Gasteiger partial charge in [0.2, 0.25) is 0 Å². The summed E-state index contributed by atoms with van der Waals surface area (Å²) in [5.41, 5.74) is 8.36. The van der Waals surface area contributed by atoms with Gasteiger partial charge in [0.15, 0.2) is 0 Å². The minimum atomic E-state index is -0.179. The summed E-state index contributed by atoms with van der Waals surface area (Å²) in [6.45, 7) is 1.20. The van der Waals surface area contributed by atoms with Crippen LogP contribution in [-0.4, -0.2) is 19.1 Å². The van der Waals surface area contributed by atoms with Gasteiger partial charge in [0, 0.05) is 30.4 Å². The molecule has 0 aromatic heterocycles. The standard InChI is InChI=1S/C16H19FN2O/c1-19(10-12-5-3-4-6-15(12)17)11-13-7-8-14(20-2)9-16(13)18/h3-9H,10-11,18H2,1-2H3. The van der Waals surface area contributed by atoms with Crippen LogP contribution in [0.3, 0.4) is 0 Å². The van der Waals surface area contributed by atoms with E-state index in [0.717, 1.165) is 11.3 Å². The number of benzene rings is 2. The molecule has 0 saturated carbocycles. The fraction of sp³-hybridized carbons (Fsp3) is 0.250. The zero-order chi connectivity index (χ0) is 14.5. The van der Waals surface area contributed by atoms with Crippen LogP contribution in [0, 0.1) is 5.82 Å². The van der Waals surface area contributed by atoms with Crippen LogP contribution in [0.15, 0.2) is 42.5 Å². The summed E-state index contributed by atoms with van der Waals surface area (Å²) < 4.78 is 18.7. The van der Waals surface area contributed by atoms with Gasteiger partial charge >= 0.3 is 0 Å². The normalized spacial score (nSPS) is 10.8. The summed E-state index contributed by atoms with van der Waals surface area (Å²) in [5, 5.41) is 0. The number of nitrogens with two attached hydrogens (primary N) is 1. The Hall–Kier alpha value is -2.07. The molecule has 0 fully saturated rings. The van der Waals surface area contributed by atoms with E-state index in [9.17, 15) is 4.39 Å². The summed E-state index contributed by atoms with van der Waals surface area (Å²) in [4.78, 5) is 2.02. The molecule has 0 radical (unpaired) electrons. The molecule has 0 unspecified atom stereocenters. The van der Waals surface area contributed by atoms with Crippen LogP contribution in [0.1, 0.15) is 11.1 Å². The molecule has 2 aromatic carbocycles. The van der Waals surface area contributed by atoms with Crippen molar-refractivity contribution >= 4 is 5.69 Å². The van der Waals surface area contributed by atoms with Gasteiger partial charge in [0.25, 0.3) is 0 Å². The maximum Gasteiger partial charge on any atom is 0.127 e. The SMILES string of the molecule is COc1ccc(CN(C)Cc2ccccc2F)c(N)c1. The highest BCUT2D eigenvalue weighted by atomic mass is 19.1. The zero-order valence-electron chi connectivity index (χ0n) is 11.8. The van der Waals surface area contributed by atoms with Crippen molar-refractivity contribution in [1.82, 2.24) is 4.90 Å². The van der Waals surface area contributed by atoms with Crippen molar-refractivity contribution in [3.63, 3.8) is 0 Å². The van der Waals surface area contributed by atoms with Gasteiger partial charge in [-0.1, -0.05) is 24.3 Å². The first-order chi connectivity index (χ1) is 9.60. The lowest BCUT2D eigenvalue weighted by molar-refractivity contribution is 0.314. The number of ether oxygens (including phenoxy) is 1. The maximum atomic E-state index is 13.6. The van der Waals surface area contributed by atoms with Crippen LogP contribution in [0.4, 0.5) is 10.1 Å². The van der Waals surface area contributed by atoms with Crippen LogP contribution >= 0.6 is 0 Å². The summed E-state index contributed by atoms with van der Waals surface area (Å²) >= 11 is 0. The Kier molecular flexibility index (Phi) is 4.58. The van der Waals surface area contributed by atoms with E-state index in [1.165, 1.54) is 6.07 Å². The molecular weight excluding hydrogens is 255 g/mol. The van der Waals surface area contributed by atoms with E-state index in [4.69, 9.17) is 10.5 Å². The molecule has 0 aliphatic heterocycles. The van der Waals surface area contributed by atoms with Crippen LogP contribution in [0.25, 0.3) is 0 Å². The maximum absolute atomic E-state index is 13.6. The molecule has 0 aliphatic carbocycles. The number of hydrogen-bond acceptors (Lipinski definition) is 3. The number of anilines is 1. The highest BCUT2D eigenvalue weighted by Gasteiger charge is 2.08. The number of nitrogen functional groups attached to an aromatic ring is 1. The van der Waals surface area contributed by atoms with Crippen molar-refractivity contribution in [1.29, 1.82) is 0 Å². The number of rotatable bonds is 5. The molecule has 20 heavy (non-hydrogen) atoms. The number of halogens is 1. The van der Waals surface area contributed by atoms with Gasteiger partial charge in [-0.25, -0.2) is 4.39 Å². The van der Waals surface area contributed by atoms with Crippen molar-refractivity contribution in [3.8, 4) is 5.75 Å². The van der Waals surface area contributed by atoms with Gasteiger partial charge in [-0.15, -0.1) is 0 Å². The number of nitrogens with zero attached hydrogens (tertiary/aromatic N) is 1. The third-order valence-corrected chi connectivity index (χ3v) is 3.19. The largest absolute Gasteiger partial charge is 0.497 e. The van der Waals surface area contributed by atoms with E-state index in [1.54, 1.807) is 25.3 Å². The van der Waals surface area contributed by atoms with Crippen LogP contribution in [0.2, 0.25) is 0 Å². The molecule has 3 nitrogen and oxygen atoms in total. The van der Waals surface area contributed by atoms with Gasteiger partial charge in [0.05, 0.1) is 7.11 Å². The summed E-state index contributed by atoms with van der Waals surface area (Å²) in [5.74, 6) is 0.560. The summed E-state index contributed by atoms with van der Waals surface area (Å²) in [7, 11) is 3.55. The third-order valence-electron chi connectivity index (χ3n) is 3.19. The second-order valence-corrected chi connectivity index (χ2v) is 4.83. The number of methoxy groups -OCH3 is 1. The quantitative estimate of drug-likeness (QED) is 0.852. The Bertz CT molecular complexity index is 586. The fourth-order valence-electron chi connectivity index (χ4n) is 2.11. The van der Waals surface area contributed by atoms with Crippen LogP contribution in [-0.2, 0) is 13.1 Å². The van der Waals surface area contributed by atoms with Crippen molar-refractivity contribution < 1.29 is 9.13 Å². The van der Waals surface area contributed by atoms with Crippen LogP contribution < -0.4 is 10.5 Å². The van der Waals surface area contributed by atoms with E-state index in [-0.39, 0.29) is 5.82 Å². The first kappa shape index (κ1) is 14.3. The summed E-state index contributed by atoms with van der Waals surface area (Å²) in [6, 6.07) is 12.4. The molecule has 0 saturated heterocycles. The predicted octanol–water partition coefficient (Wildman–Crippen LogP) is 3.05. The Morgan fingerprint density at radius 1 is 1.10 bits per heavy atom. The fourth-order valence-corrected chi connectivity index (χ4v) is 2.11. The van der Waals surface area contributed by atoms with Gasteiger partial charge in [-0.05, 0) is 24.7 Å². The van der Waals surface area contributed by atoms with Crippen LogP contribution in [0.5, 0.6) is 5.75 Å². The molecule has 2 rings (SSSR count). The minimum Gasteiger partial charge on any atom is -0.497 e. The molecule has 2 aromatic rings. The molecule has 0 spiro atoms. The second-order valence-electron chi connectivity index (χ2n) is 4.83. The van der Waals surface area contributed by atoms with E-state index in [0.29, 0.717) is 24.3 Å². The third kappa shape index (κ3) is 3.48. The minimum absolute atomic E-state index is 0.179. The first-order valence-electron chi connectivity index (χ1n) is 6.44. The lowest BCUT2D eigenvalue weighted by Gasteiger charge is -2.18. The lowest BCUT2D eigenvalue weighted by Crippen LogP contribution is -2.18. The molecule has 0 bridgehead atoms. The Labute approximate surface area is 118 Å². The Morgan fingerprint density at radius 2 is 1.80 bits per heavy atom. The van der Waals surface area contributed by atoms with Crippen molar-refractivity contribution in [2.45, 2.75) is 13.1 Å². The van der Waals surface area contributed by atoms with E-state index >= 15 is 0 Å². The van der Waals surface area contributed by atoms with Gasteiger partial charge < -0.3 is 10.5 Å². The molecule has 2 N–H and O–H groups in total. The zero-order valence-corrected chi connectivity index (χ0v) is 11.8. The topological polar surface area (TPSA) is 38.5 Å². The molecule has 4 heteroatoms. The van der Waals surface area contributed by atoms with Crippen molar-refractivity contribution in [2.24, 2.45) is 0 Å². The summed E-state index contributed by atoms with van der Waals surface area (Å²) in [6.07, 6.45) is 0. The Morgan fingerprint density at radius 3 is 2.45 bits per heavy atom. The average molecular weight is 274 g/mol. The average Bonchev–Trinajstić information content (AvgIpc) is 2.43. The molecule has 0 aliphatic rings. The molecule has 0 atom stereocenters. The molecular formula is C16H19FN2O. The molecule has 106 valence electrons. The van der Waals surface area contributed by atoms with Gasteiger partial charge in [-0.3, -0.25) is 4.90 Å². The van der Waals surface area contributed by atoms with Crippen molar-refractivity contribution in [3.05, 3.63) is 59.4 Å². The smallest absolute Gasteiger partial charge is 0.127 e. The van der Waals surface area contributed by atoms with E-state index in [1.807, 2.05) is 30.1 Å². The number of hydrogen-bond donors (Lipinski definition) is 1. The Balaban J connectivity index is 2.05. The molecule has 0 heterocycles. The first-order valence-corrected chi connectivity index (χ1v) is 6.44. The molecule has 0 amide bonds. The predicted molar refractivity (Wildman–Crippen MR) is 79.0 cm³/mol. The van der Waals surface area contributed by atoms with Gasteiger partial charge in [-0.2, -0.15) is 0 Å². The van der Waals surface area contributed by atoms with E-state index < -0.39 is 0 Å². The highest BCUT2D eigenvalue weighted by Crippen LogP contribution is 2.21. The van der Waals surface area contributed by atoms with Crippen molar-refractivity contribution in [2.75, 3.05) is 19.9 Å². The lowest BCUT2D eigenvalue weighted by atomic mass is 10.1. The highest BCUT2D eigenvalue weighted by molar-refractivity contribution is 5.51. The van der Waals surface area contributed by atoms with E-state index in [2.05, 4.69) is 0 Å². The second kappa shape index (κ2) is 6.39. The monoisotopic (exact) mass is 274 g/mol.